The van der Waals surface area contributed by atoms with Crippen molar-refractivity contribution in [2.24, 2.45) is 0 Å². The first-order chi connectivity index (χ1) is 10.8. The molecule has 0 aliphatic heterocycles. The maximum Gasteiger partial charge on any atom is 0.158 e. The lowest BCUT2D eigenvalue weighted by atomic mass is 10.3. The van der Waals surface area contributed by atoms with Crippen LogP contribution in [0.15, 0.2) is 36.9 Å². The average Bonchev–Trinajstić information content (AvgIpc) is 3.13. The molecule has 0 unspecified atom stereocenters. The van der Waals surface area contributed by atoms with E-state index in [9.17, 15) is 0 Å². The summed E-state index contributed by atoms with van der Waals surface area (Å²) in [6.07, 6.45) is 3.42. The molecule has 4 rings (SSSR count). The molecule has 2 N–H and O–H groups in total. The molecule has 0 aliphatic rings. The van der Waals surface area contributed by atoms with Crippen molar-refractivity contribution in [3.8, 4) is 0 Å². The molecule has 0 fully saturated rings. The van der Waals surface area contributed by atoms with Gasteiger partial charge in [0, 0.05) is 13.1 Å². The molecule has 0 saturated heterocycles. The third kappa shape index (κ3) is 2.07. The highest BCUT2D eigenvalue weighted by atomic mass is 15.2. The van der Waals surface area contributed by atoms with E-state index in [1.54, 1.807) is 6.33 Å². The summed E-state index contributed by atoms with van der Waals surface area (Å²) in [6, 6.07) is 8.10. The number of rotatable bonds is 4. The molecular formula is C15H15N7. The number of para-hydroxylation sites is 2. The summed E-state index contributed by atoms with van der Waals surface area (Å²) < 4.78 is 2.12. The summed E-state index contributed by atoms with van der Waals surface area (Å²) in [7, 11) is 0. The predicted octanol–water partition coefficient (Wildman–Crippen LogP) is 2.12. The molecule has 0 aliphatic carbocycles. The van der Waals surface area contributed by atoms with Crippen LogP contribution in [0.1, 0.15) is 5.69 Å². The van der Waals surface area contributed by atoms with Crippen LogP contribution in [0, 0.1) is 6.92 Å². The quantitative estimate of drug-likeness (QED) is 0.602. The fraction of sp³-hybridized carbons (Fsp3) is 0.200. The summed E-state index contributed by atoms with van der Waals surface area (Å²) >= 11 is 0. The van der Waals surface area contributed by atoms with Gasteiger partial charge in [0.15, 0.2) is 11.3 Å². The van der Waals surface area contributed by atoms with Gasteiger partial charge in [-0.15, -0.1) is 0 Å². The van der Waals surface area contributed by atoms with Crippen LogP contribution in [0.5, 0.6) is 0 Å². The highest BCUT2D eigenvalue weighted by molar-refractivity contribution is 5.86. The molecule has 3 heterocycles. The fourth-order valence-electron chi connectivity index (χ4n) is 2.56. The van der Waals surface area contributed by atoms with Gasteiger partial charge in [0.05, 0.1) is 23.1 Å². The highest BCUT2D eigenvalue weighted by Gasteiger charge is 2.09. The Labute approximate surface area is 126 Å². The first-order valence-electron chi connectivity index (χ1n) is 7.12. The van der Waals surface area contributed by atoms with Crippen LogP contribution in [0.2, 0.25) is 0 Å². The Bertz CT molecular complexity index is 937. The van der Waals surface area contributed by atoms with Crippen LogP contribution in [-0.4, -0.2) is 36.3 Å². The molecule has 0 bridgehead atoms. The second-order valence-corrected chi connectivity index (χ2v) is 5.12. The van der Waals surface area contributed by atoms with Gasteiger partial charge < -0.3 is 9.88 Å². The van der Waals surface area contributed by atoms with Crippen LogP contribution >= 0.6 is 0 Å². The van der Waals surface area contributed by atoms with Gasteiger partial charge in [0.1, 0.15) is 11.8 Å². The Morgan fingerprint density at radius 1 is 1.14 bits per heavy atom. The number of anilines is 1. The monoisotopic (exact) mass is 293 g/mol. The number of fused-ring (bicyclic) bond motifs is 2. The molecule has 1 aromatic carbocycles. The van der Waals surface area contributed by atoms with Crippen LogP contribution in [0.25, 0.3) is 22.1 Å². The molecular weight excluding hydrogens is 278 g/mol. The number of imidazole rings is 1. The standard InChI is InChI=1S/C15H15N7/c1-10-13-14(21-20-10)15(18-8-17-13)16-6-7-22-9-19-11-4-2-3-5-12(11)22/h2-5,8-9H,6-7H2,1H3,(H,20,21)(H,16,17,18). The Hall–Kier alpha value is -2.96. The summed E-state index contributed by atoms with van der Waals surface area (Å²) in [4.78, 5) is 12.9. The number of hydrogen-bond donors (Lipinski definition) is 2. The zero-order valence-corrected chi connectivity index (χ0v) is 12.1. The van der Waals surface area contributed by atoms with E-state index in [2.05, 4.69) is 41.1 Å². The van der Waals surface area contributed by atoms with Crippen LogP contribution in [0.4, 0.5) is 5.82 Å². The third-order valence-electron chi connectivity index (χ3n) is 3.69. The first-order valence-corrected chi connectivity index (χ1v) is 7.12. The van der Waals surface area contributed by atoms with Crippen molar-refractivity contribution in [3.63, 3.8) is 0 Å². The zero-order valence-electron chi connectivity index (χ0n) is 12.1. The summed E-state index contributed by atoms with van der Waals surface area (Å²) in [5.41, 5.74) is 4.71. The lowest BCUT2D eigenvalue weighted by molar-refractivity contribution is 0.747. The molecule has 7 nitrogen and oxygen atoms in total. The summed E-state index contributed by atoms with van der Waals surface area (Å²) in [6.45, 7) is 3.48. The maximum absolute atomic E-state index is 4.39. The lowest BCUT2D eigenvalue weighted by Gasteiger charge is -2.07. The Balaban J connectivity index is 1.53. The molecule has 4 aromatic rings. The molecule has 0 spiro atoms. The van der Waals surface area contributed by atoms with Gasteiger partial charge in [-0.05, 0) is 19.1 Å². The molecule has 0 atom stereocenters. The van der Waals surface area contributed by atoms with E-state index >= 15 is 0 Å². The topological polar surface area (TPSA) is 84.3 Å². The van der Waals surface area contributed by atoms with Crippen molar-refractivity contribution in [1.29, 1.82) is 0 Å². The number of nitrogens with one attached hydrogen (secondary N) is 2. The molecule has 110 valence electrons. The van der Waals surface area contributed by atoms with Crippen molar-refractivity contribution < 1.29 is 0 Å². The van der Waals surface area contributed by atoms with Gasteiger partial charge in [-0.1, -0.05) is 12.1 Å². The van der Waals surface area contributed by atoms with E-state index in [4.69, 9.17) is 0 Å². The smallest absolute Gasteiger partial charge is 0.158 e. The minimum atomic E-state index is 0.734. The van der Waals surface area contributed by atoms with Crippen molar-refractivity contribution in [2.45, 2.75) is 13.5 Å². The number of nitrogens with zero attached hydrogens (tertiary/aromatic N) is 5. The molecule has 22 heavy (non-hydrogen) atoms. The molecule has 0 amide bonds. The van der Waals surface area contributed by atoms with Crippen LogP contribution in [-0.2, 0) is 6.54 Å². The molecule has 0 radical (unpaired) electrons. The van der Waals surface area contributed by atoms with E-state index in [0.29, 0.717) is 0 Å². The first kappa shape index (κ1) is 12.8. The second-order valence-electron chi connectivity index (χ2n) is 5.12. The molecule has 3 aromatic heterocycles. The van der Waals surface area contributed by atoms with E-state index in [1.807, 2.05) is 31.5 Å². The fourth-order valence-corrected chi connectivity index (χ4v) is 2.56. The van der Waals surface area contributed by atoms with E-state index in [1.165, 1.54) is 0 Å². The van der Waals surface area contributed by atoms with Crippen molar-refractivity contribution in [2.75, 3.05) is 11.9 Å². The lowest BCUT2D eigenvalue weighted by Crippen LogP contribution is -2.11. The average molecular weight is 293 g/mol. The molecule has 7 heteroatoms. The number of H-pyrrole nitrogens is 1. The normalized spacial score (nSPS) is 11.3. The maximum atomic E-state index is 4.39. The number of aromatic amines is 1. The summed E-state index contributed by atoms with van der Waals surface area (Å²) in [5.74, 6) is 0.749. The highest BCUT2D eigenvalue weighted by Crippen LogP contribution is 2.18. The third-order valence-corrected chi connectivity index (χ3v) is 3.69. The number of hydrogen-bond acceptors (Lipinski definition) is 5. The Morgan fingerprint density at radius 3 is 3.00 bits per heavy atom. The van der Waals surface area contributed by atoms with E-state index in [-0.39, 0.29) is 0 Å². The van der Waals surface area contributed by atoms with Gasteiger partial charge in [-0.3, -0.25) is 5.10 Å². The number of benzene rings is 1. The minimum absolute atomic E-state index is 0.734. The van der Waals surface area contributed by atoms with E-state index in [0.717, 1.165) is 46.7 Å². The van der Waals surface area contributed by atoms with Gasteiger partial charge in [-0.2, -0.15) is 5.10 Å². The van der Waals surface area contributed by atoms with Gasteiger partial charge in [0.25, 0.3) is 0 Å². The minimum Gasteiger partial charge on any atom is -0.366 e. The Morgan fingerprint density at radius 2 is 2.05 bits per heavy atom. The van der Waals surface area contributed by atoms with Crippen molar-refractivity contribution in [3.05, 3.63) is 42.6 Å². The zero-order chi connectivity index (χ0) is 14.9. The van der Waals surface area contributed by atoms with Gasteiger partial charge >= 0.3 is 0 Å². The largest absolute Gasteiger partial charge is 0.366 e. The van der Waals surface area contributed by atoms with Crippen molar-refractivity contribution >= 4 is 27.9 Å². The number of aryl methyl sites for hydroxylation is 1. The SMILES string of the molecule is Cc1[nH]nc2c(NCCn3cnc4ccccc43)ncnc12. The molecule has 0 saturated carbocycles. The van der Waals surface area contributed by atoms with Gasteiger partial charge in [0.2, 0.25) is 0 Å². The Kier molecular flexibility index (Phi) is 2.96. The second kappa shape index (κ2) is 5.10. The van der Waals surface area contributed by atoms with Gasteiger partial charge in [-0.25, -0.2) is 15.0 Å². The summed E-state index contributed by atoms with van der Waals surface area (Å²) in [5, 5.41) is 10.5. The predicted molar refractivity (Wildman–Crippen MR) is 84.6 cm³/mol. The van der Waals surface area contributed by atoms with E-state index < -0.39 is 0 Å². The van der Waals surface area contributed by atoms with Crippen molar-refractivity contribution in [1.82, 2.24) is 29.7 Å². The van der Waals surface area contributed by atoms with Crippen LogP contribution < -0.4 is 5.32 Å². The van der Waals surface area contributed by atoms with Crippen LogP contribution in [0.3, 0.4) is 0 Å². The number of aromatic nitrogens is 6.